The molecule has 3 N–H and O–H groups in total. The summed E-state index contributed by atoms with van der Waals surface area (Å²) in [5.41, 5.74) is 0.385. The van der Waals surface area contributed by atoms with Crippen molar-refractivity contribution < 1.29 is 27.5 Å². The van der Waals surface area contributed by atoms with Gasteiger partial charge in [0, 0.05) is 13.2 Å². The Morgan fingerprint density at radius 2 is 1.96 bits per heavy atom. The van der Waals surface area contributed by atoms with Gasteiger partial charge in [0.2, 0.25) is 10.0 Å². The Morgan fingerprint density at radius 3 is 2.56 bits per heavy atom. The first-order valence-corrected chi connectivity index (χ1v) is 8.56. The summed E-state index contributed by atoms with van der Waals surface area (Å²) in [6, 6.07) is 7.83. The number of sulfonamides is 1. The number of esters is 1. The fraction of sp³-hybridized carbons (Fsp3) is 0.200. The predicted molar refractivity (Wildman–Crippen MR) is 88.7 cm³/mol. The molecule has 134 valence electrons. The smallest absolute Gasteiger partial charge is 0.355 e. The zero-order valence-corrected chi connectivity index (χ0v) is 14.4. The van der Waals surface area contributed by atoms with Crippen LogP contribution in [0.5, 0.6) is 5.75 Å². The second-order valence-electron chi connectivity index (χ2n) is 5.04. The van der Waals surface area contributed by atoms with E-state index < -0.39 is 28.5 Å². The van der Waals surface area contributed by atoms with Crippen LogP contribution in [0.4, 0.5) is 5.69 Å². The van der Waals surface area contributed by atoms with Crippen LogP contribution in [-0.2, 0) is 26.6 Å². The van der Waals surface area contributed by atoms with Crippen LogP contribution >= 0.6 is 0 Å². The molecule has 0 spiro atoms. The minimum Gasteiger partial charge on any atom is -0.495 e. The summed E-state index contributed by atoms with van der Waals surface area (Å²) in [6.07, 6.45) is 1.18. The van der Waals surface area contributed by atoms with E-state index in [-0.39, 0.29) is 10.6 Å². The molecule has 25 heavy (non-hydrogen) atoms. The van der Waals surface area contributed by atoms with Crippen LogP contribution < -0.4 is 15.2 Å². The highest BCUT2D eigenvalue weighted by atomic mass is 32.2. The zero-order chi connectivity index (χ0) is 18.6. The molecule has 1 aromatic carbocycles. The number of methoxy groups -OCH3 is 1. The first kappa shape index (κ1) is 18.5. The molecule has 10 heteroatoms. The van der Waals surface area contributed by atoms with Gasteiger partial charge in [0.05, 0.1) is 12.8 Å². The van der Waals surface area contributed by atoms with Gasteiger partial charge in [-0.05, 0) is 18.2 Å². The molecule has 0 saturated heterocycles. The van der Waals surface area contributed by atoms with Gasteiger partial charge in [-0.1, -0.05) is 12.1 Å². The molecule has 0 fully saturated rings. The molecule has 0 aliphatic carbocycles. The lowest BCUT2D eigenvalue weighted by atomic mass is 10.3. The van der Waals surface area contributed by atoms with E-state index in [1.165, 1.54) is 24.9 Å². The first-order chi connectivity index (χ1) is 11.7. The summed E-state index contributed by atoms with van der Waals surface area (Å²) in [6.45, 7) is -0.549. The molecule has 1 aromatic heterocycles. The number of nitrogens with one attached hydrogen (secondary N) is 1. The summed E-state index contributed by atoms with van der Waals surface area (Å²) in [7, 11) is -1.02. The molecular weight excluding hydrogens is 350 g/mol. The lowest BCUT2D eigenvalue weighted by Crippen LogP contribution is -2.22. The lowest BCUT2D eigenvalue weighted by molar-refractivity contribution is -0.119. The van der Waals surface area contributed by atoms with Gasteiger partial charge in [0.25, 0.3) is 5.91 Å². The Bertz CT molecular complexity index is 904. The molecule has 0 radical (unpaired) electrons. The number of hydrogen-bond acceptors (Lipinski definition) is 6. The van der Waals surface area contributed by atoms with Crippen LogP contribution in [0.25, 0.3) is 0 Å². The number of ether oxygens (including phenoxy) is 2. The number of carbonyl (C=O) groups excluding carboxylic acids is 2. The number of hydrogen-bond donors (Lipinski definition) is 2. The monoisotopic (exact) mass is 367 g/mol. The lowest BCUT2D eigenvalue weighted by Gasteiger charge is -2.10. The predicted octanol–water partition coefficient (Wildman–Crippen LogP) is 0.477. The SMILES string of the molecule is COc1ccccc1NC(=O)COC(=O)c1cc(S(N)(=O)=O)cn1C. The minimum absolute atomic E-state index is 0.0471. The number of rotatable bonds is 6. The Labute approximate surface area is 144 Å². The van der Waals surface area contributed by atoms with Crippen molar-refractivity contribution >= 4 is 27.6 Å². The standard InChI is InChI=1S/C15H17N3O6S/c1-18-8-10(25(16,21)22)7-12(18)15(20)24-9-14(19)17-11-5-3-4-6-13(11)23-2/h3-8H,9H2,1-2H3,(H,17,19)(H2,16,21,22). The molecule has 0 saturated carbocycles. The number of primary sulfonamides is 1. The quantitative estimate of drug-likeness (QED) is 0.714. The maximum absolute atomic E-state index is 12.0. The maximum Gasteiger partial charge on any atom is 0.355 e. The van der Waals surface area contributed by atoms with E-state index in [4.69, 9.17) is 14.6 Å². The van der Waals surface area contributed by atoms with Gasteiger partial charge in [-0.3, -0.25) is 4.79 Å². The van der Waals surface area contributed by atoms with Gasteiger partial charge < -0.3 is 19.4 Å². The molecule has 2 rings (SSSR count). The van der Waals surface area contributed by atoms with Crippen molar-refractivity contribution in [3.05, 3.63) is 42.2 Å². The van der Waals surface area contributed by atoms with Gasteiger partial charge in [0.15, 0.2) is 6.61 Å². The molecule has 2 aromatic rings. The zero-order valence-electron chi connectivity index (χ0n) is 13.6. The van der Waals surface area contributed by atoms with Crippen LogP contribution in [0.1, 0.15) is 10.5 Å². The third-order valence-electron chi connectivity index (χ3n) is 3.23. The molecule has 0 aliphatic heterocycles. The van der Waals surface area contributed by atoms with E-state index in [9.17, 15) is 18.0 Å². The minimum atomic E-state index is -3.94. The Morgan fingerprint density at radius 1 is 1.28 bits per heavy atom. The number of aryl methyl sites for hydroxylation is 1. The highest BCUT2D eigenvalue weighted by Crippen LogP contribution is 2.22. The molecule has 0 unspecified atom stereocenters. The van der Waals surface area contributed by atoms with Crippen molar-refractivity contribution in [1.82, 2.24) is 4.57 Å². The summed E-state index contributed by atoms with van der Waals surface area (Å²) in [5, 5.41) is 7.55. The van der Waals surface area contributed by atoms with E-state index in [2.05, 4.69) is 5.32 Å². The molecule has 0 aliphatic rings. The third-order valence-corrected chi connectivity index (χ3v) is 4.11. The average Bonchev–Trinajstić information content (AvgIpc) is 2.95. The fourth-order valence-corrected chi connectivity index (χ4v) is 2.61. The molecule has 0 bridgehead atoms. The number of nitrogens with two attached hydrogens (primary N) is 1. The number of anilines is 1. The highest BCUT2D eigenvalue weighted by molar-refractivity contribution is 7.89. The molecule has 1 amide bonds. The van der Waals surface area contributed by atoms with Crippen LogP contribution in [0.3, 0.4) is 0 Å². The van der Waals surface area contributed by atoms with E-state index >= 15 is 0 Å². The average molecular weight is 367 g/mol. The second kappa shape index (κ2) is 7.36. The highest BCUT2D eigenvalue weighted by Gasteiger charge is 2.19. The largest absolute Gasteiger partial charge is 0.495 e. The summed E-state index contributed by atoms with van der Waals surface area (Å²) >= 11 is 0. The number of nitrogens with zero attached hydrogens (tertiary/aromatic N) is 1. The fourth-order valence-electron chi connectivity index (χ4n) is 2.03. The topological polar surface area (TPSA) is 130 Å². The van der Waals surface area contributed by atoms with Crippen LogP contribution in [-0.4, -0.2) is 38.6 Å². The number of amides is 1. The van der Waals surface area contributed by atoms with Crippen molar-refractivity contribution in [3.8, 4) is 5.75 Å². The van der Waals surface area contributed by atoms with Crippen molar-refractivity contribution in [2.75, 3.05) is 19.0 Å². The van der Waals surface area contributed by atoms with Gasteiger partial charge in [-0.25, -0.2) is 18.4 Å². The number of para-hydroxylation sites is 2. The number of aromatic nitrogens is 1. The molecule has 0 atom stereocenters. The summed E-state index contributed by atoms with van der Waals surface area (Å²) < 4.78 is 33.8. The van der Waals surface area contributed by atoms with Crippen molar-refractivity contribution in [3.63, 3.8) is 0 Å². The molecular formula is C15H17N3O6S. The van der Waals surface area contributed by atoms with E-state index in [0.717, 1.165) is 6.07 Å². The second-order valence-corrected chi connectivity index (χ2v) is 6.60. The van der Waals surface area contributed by atoms with E-state index in [1.807, 2.05) is 0 Å². The Kier molecular flexibility index (Phi) is 5.45. The summed E-state index contributed by atoms with van der Waals surface area (Å²) in [4.78, 5) is 23.7. The number of carbonyl (C=O) groups is 2. The summed E-state index contributed by atoms with van der Waals surface area (Å²) in [5.74, 6) is -0.964. The normalized spacial score (nSPS) is 11.0. The van der Waals surface area contributed by atoms with E-state index in [1.54, 1.807) is 24.3 Å². The van der Waals surface area contributed by atoms with Gasteiger partial charge in [0.1, 0.15) is 16.3 Å². The van der Waals surface area contributed by atoms with Crippen molar-refractivity contribution in [2.45, 2.75) is 4.90 Å². The Hall–Kier alpha value is -2.85. The maximum atomic E-state index is 12.0. The number of benzene rings is 1. The van der Waals surface area contributed by atoms with Crippen molar-refractivity contribution in [1.29, 1.82) is 0 Å². The van der Waals surface area contributed by atoms with Crippen LogP contribution in [0.15, 0.2) is 41.4 Å². The third kappa shape index (κ3) is 4.58. The molecule has 9 nitrogen and oxygen atoms in total. The van der Waals surface area contributed by atoms with Crippen molar-refractivity contribution in [2.24, 2.45) is 12.2 Å². The van der Waals surface area contributed by atoms with Crippen LogP contribution in [0, 0.1) is 0 Å². The van der Waals surface area contributed by atoms with Crippen LogP contribution in [0.2, 0.25) is 0 Å². The van der Waals surface area contributed by atoms with Gasteiger partial charge >= 0.3 is 5.97 Å². The van der Waals surface area contributed by atoms with Gasteiger partial charge in [-0.15, -0.1) is 0 Å². The Balaban J connectivity index is 2.00. The molecule has 1 heterocycles. The van der Waals surface area contributed by atoms with Gasteiger partial charge in [-0.2, -0.15) is 0 Å². The van der Waals surface area contributed by atoms with E-state index in [0.29, 0.717) is 11.4 Å². The first-order valence-electron chi connectivity index (χ1n) is 7.01.